The Morgan fingerprint density at radius 3 is 1.44 bits per heavy atom. The normalized spacial score (nSPS) is 11.5. The zero-order valence-corrected chi connectivity index (χ0v) is 30.9. The summed E-state index contributed by atoms with van der Waals surface area (Å²) in [7, 11) is 0. The standard InChI is InChI=1S/C41H43N11O2/c1-5-49(6-2)26-40(53)42-32-13-9-11-28(20-32)38-24-51(47-45-38)34-17-15-30-19-31-16-18-35(23-37(31)44-36(30)22-34)52-25-39(46-48-52)29-12-10-14-33(21-29)43-41(54)27-50(7-3)8-4/h9-25H,5-8,26-27H2,1-4H3,(H,42,53)(H,43,54). The number of carbonyl (C=O) groups excluding carboxylic acids is 2. The van der Waals surface area contributed by atoms with E-state index in [0.29, 0.717) is 35.9 Å². The van der Waals surface area contributed by atoms with Crippen LogP contribution in [0.2, 0.25) is 0 Å². The van der Waals surface area contributed by atoms with Crippen LogP contribution in [0.4, 0.5) is 11.4 Å². The molecule has 2 amide bonds. The largest absolute Gasteiger partial charge is 0.325 e. The highest BCUT2D eigenvalue weighted by atomic mass is 16.2. The van der Waals surface area contributed by atoms with Gasteiger partial charge in [0.15, 0.2) is 0 Å². The van der Waals surface area contributed by atoms with E-state index in [9.17, 15) is 9.59 Å². The first-order chi connectivity index (χ1) is 26.3. The maximum Gasteiger partial charge on any atom is 0.238 e. The molecule has 0 bridgehead atoms. The van der Waals surface area contributed by atoms with Crippen LogP contribution < -0.4 is 10.6 Å². The van der Waals surface area contributed by atoms with Crippen LogP contribution in [0.1, 0.15) is 27.7 Å². The van der Waals surface area contributed by atoms with Gasteiger partial charge in [-0.25, -0.2) is 14.3 Å². The fourth-order valence-corrected chi connectivity index (χ4v) is 6.34. The van der Waals surface area contributed by atoms with Gasteiger partial charge in [-0.15, -0.1) is 10.2 Å². The number of likely N-dealkylation sites (N-methyl/N-ethyl adjacent to an activating group) is 2. The van der Waals surface area contributed by atoms with Crippen LogP contribution in [0.5, 0.6) is 0 Å². The number of rotatable bonds is 14. The molecule has 2 N–H and O–H groups in total. The first-order valence-corrected chi connectivity index (χ1v) is 18.3. The number of pyridine rings is 1. The zero-order valence-electron chi connectivity index (χ0n) is 30.9. The summed E-state index contributed by atoms with van der Waals surface area (Å²) in [6.45, 7) is 12.1. The van der Waals surface area contributed by atoms with E-state index in [2.05, 4.69) is 47.1 Å². The Balaban J connectivity index is 1.08. The van der Waals surface area contributed by atoms with Crippen molar-refractivity contribution in [2.24, 2.45) is 0 Å². The van der Waals surface area contributed by atoms with E-state index in [1.54, 1.807) is 9.36 Å². The molecule has 0 aliphatic heterocycles. The van der Waals surface area contributed by atoms with Crippen molar-refractivity contribution in [3.8, 4) is 33.9 Å². The molecule has 0 fully saturated rings. The third kappa shape index (κ3) is 8.17. The number of nitrogens with one attached hydrogen (secondary N) is 2. The van der Waals surface area contributed by atoms with E-state index in [1.165, 1.54) is 0 Å². The van der Waals surface area contributed by atoms with Crippen molar-refractivity contribution in [1.82, 2.24) is 44.8 Å². The molecule has 7 aromatic rings. The topological polar surface area (TPSA) is 139 Å². The van der Waals surface area contributed by atoms with Gasteiger partial charge in [-0.05, 0) is 80.8 Å². The van der Waals surface area contributed by atoms with Crippen LogP contribution in [0.3, 0.4) is 0 Å². The van der Waals surface area contributed by atoms with Crippen LogP contribution >= 0.6 is 0 Å². The van der Waals surface area contributed by atoms with E-state index in [-0.39, 0.29) is 11.8 Å². The lowest BCUT2D eigenvalue weighted by atomic mass is 10.1. The molecule has 7 rings (SSSR count). The number of aromatic nitrogens is 7. The maximum absolute atomic E-state index is 12.6. The Kier molecular flexibility index (Phi) is 10.8. The van der Waals surface area contributed by atoms with Gasteiger partial charge in [-0.2, -0.15) is 0 Å². The van der Waals surface area contributed by atoms with E-state index >= 15 is 0 Å². The van der Waals surface area contributed by atoms with E-state index < -0.39 is 0 Å². The van der Waals surface area contributed by atoms with Gasteiger partial charge in [-0.1, -0.05) is 74.5 Å². The lowest BCUT2D eigenvalue weighted by Crippen LogP contribution is -2.32. The lowest BCUT2D eigenvalue weighted by Gasteiger charge is -2.17. The zero-order chi connectivity index (χ0) is 37.6. The molecule has 0 saturated heterocycles. The number of fused-ring (bicyclic) bond motifs is 2. The van der Waals surface area contributed by atoms with Crippen molar-refractivity contribution in [1.29, 1.82) is 0 Å². The van der Waals surface area contributed by atoms with Gasteiger partial charge in [0.2, 0.25) is 11.8 Å². The van der Waals surface area contributed by atoms with E-state index in [4.69, 9.17) is 4.98 Å². The Hall–Kier alpha value is -6.31. The highest BCUT2D eigenvalue weighted by Crippen LogP contribution is 2.27. The second-order valence-corrected chi connectivity index (χ2v) is 13.0. The summed E-state index contributed by atoms with van der Waals surface area (Å²) in [4.78, 5) is 34.3. The average Bonchev–Trinajstić information content (AvgIpc) is 3.90. The van der Waals surface area contributed by atoms with Crippen molar-refractivity contribution in [3.63, 3.8) is 0 Å². The number of benzene rings is 4. The van der Waals surface area contributed by atoms with Gasteiger partial charge in [0.05, 0.1) is 47.9 Å². The predicted molar refractivity (Wildman–Crippen MR) is 213 cm³/mol. The highest BCUT2D eigenvalue weighted by molar-refractivity contribution is 5.95. The molecule has 0 unspecified atom stereocenters. The van der Waals surface area contributed by atoms with Crippen LogP contribution in [-0.2, 0) is 9.59 Å². The van der Waals surface area contributed by atoms with Crippen molar-refractivity contribution < 1.29 is 9.59 Å². The number of nitrogens with zero attached hydrogens (tertiary/aromatic N) is 9. The van der Waals surface area contributed by atoms with Gasteiger partial charge in [-0.3, -0.25) is 19.4 Å². The van der Waals surface area contributed by atoms with Gasteiger partial charge in [0, 0.05) is 33.3 Å². The van der Waals surface area contributed by atoms with Crippen molar-refractivity contribution in [2.75, 3.05) is 49.9 Å². The molecule has 274 valence electrons. The van der Waals surface area contributed by atoms with Crippen molar-refractivity contribution in [2.45, 2.75) is 27.7 Å². The van der Waals surface area contributed by atoms with Crippen LogP contribution in [0.15, 0.2) is 103 Å². The molecular weight excluding hydrogens is 679 g/mol. The molecule has 13 heteroatoms. The summed E-state index contributed by atoms with van der Waals surface area (Å²) >= 11 is 0. The smallest absolute Gasteiger partial charge is 0.238 e. The summed E-state index contributed by atoms with van der Waals surface area (Å²) in [5.41, 5.74) is 7.75. The van der Waals surface area contributed by atoms with Gasteiger partial charge in [0.25, 0.3) is 0 Å². The highest BCUT2D eigenvalue weighted by Gasteiger charge is 2.13. The first kappa shape index (κ1) is 36.1. The number of hydrogen-bond donors (Lipinski definition) is 2. The molecule has 0 spiro atoms. The Labute approximate surface area is 313 Å². The van der Waals surface area contributed by atoms with Gasteiger partial charge < -0.3 is 10.6 Å². The summed E-state index contributed by atoms with van der Waals surface area (Å²) < 4.78 is 3.45. The van der Waals surface area contributed by atoms with Gasteiger partial charge >= 0.3 is 0 Å². The quantitative estimate of drug-likeness (QED) is 0.121. The van der Waals surface area contributed by atoms with Crippen LogP contribution in [-0.4, -0.2) is 95.9 Å². The van der Waals surface area contributed by atoms with E-state index in [0.717, 1.165) is 70.5 Å². The SMILES string of the molecule is CCN(CC)CC(=O)Nc1cccc(-c2cn(-c3ccc4cc5ccc(-n6cc(-c7cccc(NC(=O)CN(CC)CC)c7)nn6)cc5nc4c3)nn2)c1. The second kappa shape index (κ2) is 16.1. The molecule has 0 aliphatic rings. The van der Waals surface area contributed by atoms with Crippen LogP contribution in [0.25, 0.3) is 55.7 Å². The fourth-order valence-electron chi connectivity index (χ4n) is 6.34. The molecule has 0 atom stereocenters. The van der Waals surface area contributed by atoms with Crippen LogP contribution in [0, 0.1) is 0 Å². The Morgan fingerprint density at radius 2 is 1.02 bits per heavy atom. The molecule has 0 saturated carbocycles. The molecule has 0 aliphatic carbocycles. The van der Waals surface area contributed by atoms with Crippen molar-refractivity contribution in [3.05, 3.63) is 103 Å². The molecule has 3 heterocycles. The summed E-state index contributed by atoms with van der Waals surface area (Å²) in [5, 5.41) is 25.7. The molecule has 4 aromatic carbocycles. The Morgan fingerprint density at radius 1 is 0.574 bits per heavy atom. The minimum Gasteiger partial charge on any atom is -0.325 e. The number of amides is 2. The number of anilines is 2. The molecule has 13 nitrogen and oxygen atoms in total. The minimum atomic E-state index is -0.0516. The number of carbonyl (C=O) groups is 2. The minimum absolute atomic E-state index is 0.0516. The monoisotopic (exact) mass is 721 g/mol. The second-order valence-electron chi connectivity index (χ2n) is 13.0. The van der Waals surface area contributed by atoms with Crippen molar-refractivity contribution >= 4 is 45.0 Å². The predicted octanol–water partition coefficient (Wildman–Crippen LogP) is 6.44. The third-order valence-corrected chi connectivity index (χ3v) is 9.50. The first-order valence-electron chi connectivity index (χ1n) is 18.3. The average molecular weight is 722 g/mol. The van der Waals surface area contributed by atoms with E-state index in [1.807, 2.05) is 125 Å². The lowest BCUT2D eigenvalue weighted by molar-refractivity contribution is -0.118. The fraction of sp³-hybridized carbons (Fsp3) is 0.244. The molecule has 0 radical (unpaired) electrons. The maximum atomic E-state index is 12.6. The third-order valence-electron chi connectivity index (χ3n) is 9.50. The molecular formula is C41H43N11O2. The summed E-state index contributed by atoms with van der Waals surface area (Å²) in [6.07, 6.45) is 3.74. The Bertz CT molecular complexity index is 2260. The number of hydrogen-bond acceptors (Lipinski definition) is 9. The summed E-state index contributed by atoms with van der Waals surface area (Å²) in [5.74, 6) is -0.103. The van der Waals surface area contributed by atoms with Gasteiger partial charge in [0.1, 0.15) is 11.4 Å². The molecule has 54 heavy (non-hydrogen) atoms. The molecule has 3 aromatic heterocycles. The summed E-state index contributed by atoms with van der Waals surface area (Å²) in [6, 6.07) is 29.4.